The molecule has 0 atom stereocenters. The van der Waals surface area contributed by atoms with Gasteiger partial charge in [-0.25, -0.2) is 39.3 Å². The van der Waals surface area contributed by atoms with Crippen molar-refractivity contribution in [3.63, 3.8) is 0 Å². The average Bonchev–Trinajstić information content (AvgIpc) is 0.802. The van der Waals surface area contributed by atoms with E-state index in [-0.39, 0.29) is 0 Å². The van der Waals surface area contributed by atoms with Gasteiger partial charge in [-0.1, -0.05) is 230 Å². The second kappa shape index (κ2) is 45.0. The second-order valence-corrected chi connectivity index (χ2v) is 32.3. The molecular weight excluding hydrogens is 1700 g/mol. The largest absolute Gasteiger partial charge is 0.417 e. The number of nitrogen functional groups attached to an aromatic ring is 2. The molecule has 674 valence electrons. The molecule has 8 aromatic carbocycles. The molecule has 3 amide bonds. The molecule has 0 radical (unpaired) electrons. The van der Waals surface area contributed by atoms with Gasteiger partial charge in [-0.2, -0.15) is 0 Å². The molecule has 0 spiro atoms. The summed E-state index contributed by atoms with van der Waals surface area (Å²) < 4.78 is 16.3. The molecule has 0 fully saturated rings. The first-order valence-electron chi connectivity index (χ1n) is 43.8. The van der Waals surface area contributed by atoms with E-state index in [0.717, 1.165) is 157 Å². The van der Waals surface area contributed by atoms with Crippen molar-refractivity contribution in [1.82, 2.24) is 49.8 Å². The summed E-state index contributed by atoms with van der Waals surface area (Å²) >= 11 is 0. The molecule has 0 bridgehead atoms. The molecule has 0 saturated heterocycles. The molecule has 23 nitrogen and oxygen atoms in total. The van der Waals surface area contributed by atoms with E-state index in [2.05, 4.69) is 56.6 Å². The fraction of sp³-hybridized carbons (Fsp3) is 0.0965. The Bertz CT molecular complexity index is 7370. The first-order chi connectivity index (χ1) is 66.3. The monoisotopic (exact) mass is 1800 g/mol. The smallest absolute Gasteiger partial charge is 0.410 e. The number of aryl methyl sites for hydroxylation is 11. The Morgan fingerprint density at radius 2 is 0.518 bits per heavy atom. The number of carbonyl (C=O) groups is 3. The molecule has 0 aliphatic rings. The number of ether oxygens (including phenoxy) is 3. The fourth-order valence-corrected chi connectivity index (χ4v) is 14.6. The Kier molecular flexibility index (Phi) is 31.1. The molecule has 23 heteroatoms. The van der Waals surface area contributed by atoms with Crippen LogP contribution in [0.15, 0.2) is 347 Å². The Morgan fingerprint density at radius 3 is 0.781 bits per heavy atom. The van der Waals surface area contributed by atoms with E-state index in [4.69, 9.17) is 63.7 Å². The number of aromatic nitrogens is 10. The van der Waals surface area contributed by atoms with Gasteiger partial charge in [0.05, 0.1) is 85.4 Å². The summed E-state index contributed by atoms with van der Waals surface area (Å²) in [5, 5.41) is 8.56. The summed E-state index contributed by atoms with van der Waals surface area (Å²) in [5.41, 5.74) is 43.2. The number of anilines is 5. The van der Waals surface area contributed by atoms with E-state index in [0.29, 0.717) is 74.4 Å². The van der Waals surface area contributed by atoms with Gasteiger partial charge in [0.2, 0.25) is 0 Å². The number of benzene rings is 8. The maximum atomic E-state index is 12.6. The maximum absolute atomic E-state index is 12.6. The van der Waals surface area contributed by atoms with Gasteiger partial charge in [0, 0.05) is 91.8 Å². The average molecular weight is 1800 g/mol. The van der Waals surface area contributed by atoms with E-state index in [9.17, 15) is 14.4 Å². The van der Waals surface area contributed by atoms with Crippen LogP contribution in [-0.2, 0) is 0 Å². The molecule has 0 saturated carbocycles. The quantitative estimate of drug-likeness (QED) is 0.0561. The zero-order valence-corrected chi connectivity index (χ0v) is 77.4. The van der Waals surface area contributed by atoms with Gasteiger partial charge in [0.1, 0.15) is 29.6 Å². The normalized spacial score (nSPS) is 10.4. The third kappa shape index (κ3) is 25.2. The van der Waals surface area contributed by atoms with Gasteiger partial charge in [0.25, 0.3) is 11.6 Å². The molecule has 10 heterocycles. The third-order valence-corrected chi connectivity index (χ3v) is 21.6. The Labute approximate surface area is 796 Å². The summed E-state index contributed by atoms with van der Waals surface area (Å²) in [4.78, 5) is 89.9. The van der Waals surface area contributed by atoms with Gasteiger partial charge in [0.15, 0.2) is 0 Å². The Hall–Kier alpha value is -18.4. The van der Waals surface area contributed by atoms with Crippen LogP contribution in [0.4, 0.5) is 54.5 Å². The van der Waals surface area contributed by atoms with Crippen molar-refractivity contribution in [2.45, 2.75) is 76.2 Å². The standard InChI is InChI=1S/C26H20N4O2.2C26H23N3O2.C18H14N4.C18H17N3/c1-17-9-12-21(13-10-17)32-26(31)29-22-15-18(2)24(20-11-14-23(27-3)28-16-20)30-25(22)19-7-5-4-6-8-19;1-17-9-13-22(14-10-17)31-26(30)28-23-15-18(2)24(21-12-11-19(3)27-16-21)29-25(23)20-7-5-4-6-8-20;1-17-9-11-22(12-10-17)31-26(30)28-23-14-19(3)24(21-13-18(2)15-27-16-21)29-25(23)20-7-5-4-6-8-20;1-12-10-15(19)18(13-6-4-3-5-7-13)22-17(12)14-8-9-16(20-2)21-11-14;1-12-10-16(19)18(14-6-4-3-5-7-14)21-17(12)15-9-8-13(2)20-11-15/h4-16H,1-2H3,(H,29,31);2*4-16H,1-3H3,(H,28,30);3-11H,19H2,1H3;3-11H,19H2,1-2H3. The first-order valence-corrected chi connectivity index (χ1v) is 43.8. The van der Waals surface area contributed by atoms with Crippen LogP contribution in [0.5, 0.6) is 17.2 Å². The maximum Gasteiger partial charge on any atom is 0.417 e. The minimum atomic E-state index is -0.594. The van der Waals surface area contributed by atoms with E-state index in [1.165, 1.54) is 0 Å². The zero-order valence-electron chi connectivity index (χ0n) is 77.4. The topological polar surface area (TPSA) is 305 Å². The molecular formula is C114H97N17O6. The lowest BCUT2D eigenvalue weighted by molar-refractivity contribution is 0.214. The highest BCUT2D eigenvalue weighted by Crippen LogP contribution is 2.39. The van der Waals surface area contributed by atoms with Gasteiger partial charge in [-0.3, -0.25) is 30.9 Å². The summed E-state index contributed by atoms with van der Waals surface area (Å²) in [6, 6.07) is 97.6. The SMILES string of the molecule is Cc1ccc(-c2nc(-c3ccccc3)c(N)cc2C)cn1.Cc1ccc(OC(=O)Nc2cc(C)c(-c3ccc(C)nc3)nc2-c2ccccc2)cc1.Cc1ccc(OC(=O)Nc2cc(C)c(-c3cncc(C)c3)nc2-c2ccccc2)cc1.[C-]#[N+]c1ccc(-c2nc(-c3ccccc3)c(N)cc2C)cn1.[C-]#[N+]c1ccc(-c2nc(-c3ccccc3)c(NC(=O)Oc3ccc(C)cc3)cc2C)cn1. The molecule has 0 aliphatic carbocycles. The van der Waals surface area contributed by atoms with Crippen LogP contribution in [0.25, 0.3) is 122 Å². The Balaban J connectivity index is 0.000000138. The molecule has 18 aromatic rings. The van der Waals surface area contributed by atoms with Crippen molar-refractivity contribution < 1.29 is 28.6 Å². The molecule has 7 N–H and O–H groups in total. The predicted molar refractivity (Wildman–Crippen MR) is 546 cm³/mol. The zero-order chi connectivity index (χ0) is 96.4. The lowest BCUT2D eigenvalue weighted by Crippen LogP contribution is -2.18. The van der Waals surface area contributed by atoms with Crippen molar-refractivity contribution in [3.05, 3.63) is 431 Å². The van der Waals surface area contributed by atoms with E-state index >= 15 is 0 Å². The number of carbonyl (C=O) groups excluding carboxylic acids is 3. The summed E-state index contributed by atoms with van der Waals surface area (Å²) in [6.45, 7) is 35.7. The van der Waals surface area contributed by atoms with Crippen LogP contribution < -0.4 is 41.6 Å². The van der Waals surface area contributed by atoms with E-state index in [1.54, 1.807) is 67.1 Å². The van der Waals surface area contributed by atoms with Crippen LogP contribution in [0, 0.1) is 89.3 Å². The number of hydrogen-bond donors (Lipinski definition) is 5. The van der Waals surface area contributed by atoms with Gasteiger partial charge >= 0.3 is 18.3 Å². The van der Waals surface area contributed by atoms with Crippen LogP contribution in [0.2, 0.25) is 0 Å². The second-order valence-electron chi connectivity index (χ2n) is 32.3. The third-order valence-electron chi connectivity index (χ3n) is 21.6. The fourth-order valence-electron chi connectivity index (χ4n) is 14.6. The highest BCUT2D eigenvalue weighted by atomic mass is 16.6. The summed E-state index contributed by atoms with van der Waals surface area (Å²) in [7, 11) is 0. The van der Waals surface area contributed by atoms with Crippen LogP contribution in [-0.4, -0.2) is 68.1 Å². The predicted octanol–water partition coefficient (Wildman–Crippen LogP) is 27.5. The highest BCUT2D eigenvalue weighted by molar-refractivity contribution is 5.96. The van der Waals surface area contributed by atoms with Crippen molar-refractivity contribution in [3.8, 4) is 130 Å². The molecule has 137 heavy (non-hydrogen) atoms. The number of rotatable bonds is 16. The molecule has 0 aliphatic heterocycles. The van der Waals surface area contributed by atoms with Crippen molar-refractivity contribution in [1.29, 1.82) is 0 Å². The number of nitrogens with zero attached hydrogens (tertiary/aromatic N) is 12. The van der Waals surface area contributed by atoms with Crippen molar-refractivity contribution >= 4 is 58.4 Å². The van der Waals surface area contributed by atoms with Crippen LogP contribution in [0.1, 0.15) is 61.5 Å². The number of amides is 3. The van der Waals surface area contributed by atoms with Crippen LogP contribution in [0.3, 0.4) is 0 Å². The lowest BCUT2D eigenvalue weighted by atomic mass is 10.0. The van der Waals surface area contributed by atoms with E-state index < -0.39 is 18.3 Å². The van der Waals surface area contributed by atoms with Gasteiger partial charge in [-0.05, 0) is 219 Å². The van der Waals surface area contributed by atoms with Gasteiger partial charge < -0.3 is 35.4 Å². The highest BCUT2D eigenvalue weighted by Gasteiger charge is 2.23. The van der Waals surface area contributed by atoms with Crippen LogP contribution >= 0.6 is 0 Å². The number of nitrogens with two attached hydrogens (primary N) is 2. The molecule has 10 aromatic heterocycles. The number of nitrogens with one attached hydrogen (secondary N) is 3. The van der Waals surface area contributed by atoms with Crippen molar-refractivity contribution in [2.24, 2.45) is 0 Å². The van der Waals surface area contributed by atoms with Gasteiger partial charge in [-0.15, -0.1) is 9.97 Å². The lowest BCUT2D eigenvalue weighted by Gasteiger charge is -2.15. The van der Waals surface area contributed by atoms with E-state index in [1.807, 2.05) is 350 Å². The van der Waals surface area contributed by atoms with Crippen molar-refractivity contribution in [2.75, 3.05) is 27.4 Å². The molecule has 18 rings (SSSR count). The Morgan fingerprint density at radius 1 is 0.255 bits per heavy atom. The summed E-state index contributed by atoms with van der Waals surface area (Å²) in [5.74, 6) is 2.13. The summed E-state index contributed by atoms with van der Waals surface area (Å²) in [6.07, 6.45) is 8.88. The first kappa shape index (κ1) is 94.8. The number of pyridine rings is 10. The number of hydrogen-bond acceptors (Lipinski definition) is 18. The molecule has 0 unspecified atom stereocenters. The minimum absolute atomic E-state index is 0.326. The minimum Gasteiger partial charge on any atom is -0.410 e.